The van der Waals surface area contributed by atoms with Crippen LogP contribution < -0.4 is 10.1 Å². The van der Waals surface area contributed by atoms with Crippen LogP contribution in [0.5, 0.6) is 5.75 Å². The number of nitrogens with one attached hydrogen (secondary N) is 1. The molecule has 1 N–H and O–H groups in total. The first-order valence-corrected chi connectivity index (χ1v) is 6.91. The maximum Gasteiger partial charge on any atom is 0.258 e. The summed E-state index contributed by atoms with van der Waals surface area (Å²) >= 11 is 6.00. The van der Waals surface area contributed by atoms with E-state index in [2.05, 4.69) is 5.32 Å². The van der Waals surface area contributed by atoms with E-state index in [4.69, 9.17) is 16.3 Å². The summed E-state index contributed by atoms with van der Waals surface area (Å²) < 4.78 is 5.36. The third kappa shape index (κ3) is 4.85. The van der Waals surface area contributed by atoms with Crippen LogP contribution in [0.3, 0.4) is 0 Å². The predicted molar refractivity (Wildman–Crippen MR) is 79.4 cm³/mol. The Kier molecular flexibility index (Phi) is 6.02. The fraction of sp³-hybridized carbons (Fsp3) is 0.467. The smallest absolute Gasteiger partial charge is 0.258 e. The van der Waals surface area contributed by atoms with E-state index in [0.717, 1.165) is 0 Å². The van der Waals surface area contributed by atoms with Gasteiger partial charge in [-0.15, -0.1) is 0 Å². The minimum atomic E-state index is -0.196. The highest BCUT2D eigenvalue weighted by Crippen LogP contribution is 2.25. The van der Waals surface area contributed by atoms with E-state index < -0.39 is 0 Å². The van der Waals surface area contributed by atoms with E-state index in [1.165, 1.54) is 13.0 Å². The van der Waals surface area contributed by atoms with Gasteiger partial charge in [0.15, 0.2) is 12.4 Å². The van der Waals surface area contributed by atoms with Gasteiger partial charge in [0.05, 0.1) is 5.02 Å². The lowest BCUT2D eigenvalue weighted by molar-refractivity contribution is -0.124. The number of benzene rings is 1. The van der Waals surface area contributed by atoms with Crippen molar-refractivity contribution < 1.29 is 14.3 Å². The first kappa shape index (κ1) is 16.5. The second-order valence-corrected chi connectivity index (χ2v) is 5.50. The Morgan fingerprint density at radius 2 is 1.95 bits per heavy atom. The van der Waals surface area contributed by atoms with Crippen LogP contribution in [0.15, 0.2) is 18.2 Å². The number of carbonyl (C=O) groups is 2. The van der Waals surface area contributed by atoms with Gasteiger partial charge in [0, 0.05) is 11.6 Å². The molecule has 0 bridgehead atoms. The van der Waals surface area contributed by atoms with Crippen LogP contribution in [-0.2, 0) is 4.79 Å². The highest BCUT2D eigenvalue weighted by atomic mass is 35.5. The lowest BCUT2D eigenvalue weighted by Crippen LogP contribution is -2.38. The number of carbonyl (C=O) groups excluding carboxylic acids is 2. The molecule has 1 unspecified atom stereocenters. The van der Waals surface area contributed by atoms with Crippen molar-refractivity contribution in [2.24, 2.45) is 5.92 Å². The average molecular weight is 298 g/mol. The molecule has 0 aliphatic rings. The number of rotatable bonds is 6. The number of hydrogen-bond donors (Lipinski definition) is 1. The molecule has 0 spiro atoms. The first-order chi connectivity index (χ1) is 9.31. The lowest BCUT2D eigenvalue weighted by Gasteiger charge is -2.17. The monoisotopic (exact) mass is 297 g/mol. The number of amides is 1. The summed E-state index contributed by atoms with van der Waals surface area (Å²) in [6.45, 7) is 7.37. The molecule has 5 heteroatoms. The zero-order chi connectivity index (χ0) is 15.3. The molecule has 0 aliphatic heterocycles. The Hall–Kier alpha value is -1.55. The van der Waals surface area contributed by atoms with E-state index in [9.17, 15) is 9.59 Å². The SMILES string of the molecule is CC(=O)c1ccc(OCC(=O)NC(C)C(C)C)c(Cl)c1. The predicted octanol–water partition coefficient (Wildman–Crippen LogP) is 3.08. The summed E-state index contributed by atoms with van der Waals surface area (Å²) in [6.07, 6.45) is 0. The summed E-state index contributed by atoms with van der Waals surface area (Å²) in [5, 5.41) is 3.16. The van der Waals surface area contributed by atoms with Gasteiger partial charge in [-0.1, -0.05) is 25.4 Å². The van der Waals surface area contributed by atoms with Crippen molar-refractivity contribution in [2.75, 3.05) is 6.61 Å². The molecule has 1 rings (SSSR count). The summed E-state index contributed by atoms with van der Waals surface area (Å²) in [6, 6.07) is 4.84. The fourth-order valence-electron chi connectivity index (χ4n) is 1.44. The molecule has 0 heterocycles. The summed E-state index contributed by atoms with van der Waals surface area (Å²) in [5.41, 5.74) is 0.514. The molecule has 0 radical (unpaired) electrons. The number of Topliss-reactive ketones (excluding diaryl/α,β-unsaturated/α-hetero) is 1. The molecule has 1 atom stereocenters. The number of ether oxygens (including phenoxy) is 1. The second kappa shape index (κ2) is 7.29. The number of hydrogen-bond acceptors (Lipinski definition) is 3. The molecule has 1 amide bonds. The number of halogens is 1. The van der Waals surface area contributed by atoms with Crippen molar-refractivity contribution in [3.8, 4) is 5.75 Å². The van der Waals surface area contributed by atoms with E-state index in [-0.39, 0.29) is 24.3 Å². The van der Waals surface area contributed by atoms with Gasteiger partial charge in [-0.05, 0) is 38.0 Å². The Balaban J connectivity index is 2.58. The second-order valence-electron chi connectivity index (χ2n) is 5.09. The van der Waals surface area contributed by atoms with Crippen LogP contribution in [0, 0.1) is 5.92 Å². The van der Waals surface area contributed by atoms with Gasteiger partial charge in [-0.2, -0.15) is 0 Å². The van der Waals surface area contributed by atoms with Gasteiger partial charge >= 0.3 is 0 Å². The van der Waals surface area contributed by atoms with Gasteiger partial charge < -0.3 is 10.1 Å². The highest BCUT2D eigenvalue weighted by molar-refractivity contribution is 6.32. The number of ketones is 1. The lowest BCUT2D eigenvalue weighted by atomic mass is 10.1. The van der Waals surface area contributed by atoms with Crippen LogP contribution in [0.2, 0.25) is 5.02 Å². The minimum absolute atomic E-state index is 0.0676. The first-order valence-electron chi connectivity index (χ1n) is 6.54. The van der Waals surface area contributed by atoms with E-state index in [0.29, 0.717) is 22.3 Å². The molecule has 110 valence electrons. The van der Waals surface area contributed by atoms with Crippen LogP contribution >= 0.6 is 11.6 Å². The zero-order valence-corrected chi connectivity index (χ0v) is 13.0. The molecule has 0 aromatic heterocycles. The van der Waals surface area contributed by atoms with Gasteiger partial charge in [0.2, 0.25) is 0 Å². The molecule has 0 fully saturated rings. The van der Waals surface area contributed by atoms with Gasteiger partial charge in [0.1, 0.15) is 5.75 Å². The van der Waals surface area contributed by atoms with Crippen LogP contribution in [0.4, 0.5) is 0 Å². The third-order valence-corrected chi connectivity index (χ3v) is 3.38. The topological polar surface area (TPSA) is 55.4 Å². The summed E-state index contributed by atoms with van der Waals surface area (Å²) in [5.74, 6) is 0.487. The minimum Gasteiger partial charge on any atom is -0.482 e. The van der Waals surface area contributed by atoms with Crippen molar-refractivity contribution in [3.05, 3.63) is 28.8 Å². The van der Waals surface area contributed by atoms with Crippen molar-refractivity contribution in [3.63, 3.8) is 0 Å². The molecular weight excluding hydrogens is 278 g/mol. The quantitative estimate of drug-likeness (QED) is 0.821. The molecule has 0 saturated carbocycles. The Morgan fingerprint density at radius 3 is 2.45 bits per heavy atom. The summed E-state index contributed by atoms with van der Waals surface area (Å²) in [4.78, 5) is 22.9. The molecule has 0 aliphatic carbocycles. The largest absolute Gasteiger partial charge is 0.482 e. The van der Waals surface area contributed by atoms with E-state index >= 15 is 0 Å². The van der Waals surface area contributed by atoms with Crippen LogP contribution in [0.25, 0.3) is 0 Å². The average Bonchev–Trinajstić information content (AvgIpc) is 2.36. The normalized spacial score (nSPS) is 12.1. The standard InChI is InChI=1S/C15H20ClNO3/c1-9(2)10(3)17-15(19)8-20-14-6-5-12(11(4)18)7-13(14)16/h5-7,9-10H,8H2,1-4H3,(H,17,19). The molecule has 0 saturated heterocycles. The maximum atomic E-state index is 11.7. The fourth-order valence-corrected chi connectivity index (χ4v) is 1.68. The van der Waals surface area contributed by atoms with Crippen LogP contribution in [-0.4, -0.2) is 24.3 Å². The van der Waals surface area contributed by atoms with Gasteiger partial charge in [-0.3, -0.25) is 9.59 Å². The third-order valence-electron chi connectivity index (χ3n) is 3.09. The van der Waals surface area contributed by atoms with Crippen molar-refractivity contribution in [1.82, 2.24) is 5.32 Å². The summed E-state index contributed by atoms with van der Waals surface area (Å²) in [7, 11) is 0. The molecule has 4 nitrogen and oxygen atoms in total. The Labute approximate surface area is 124 Å². The van der Waals surface area contributed by atoms with Gasteiger partial charge in [-0.25, -0.2) is 0 Å². The molecule has 20 heavy (non-hydrogen) atoms. The highest BCUT2D eigenvalue weighted by Gasteiger charge is 2.12. The maximum absolute atomic E-state index is 11.7. The molecular formula is C15H20ClNO3. The van der Waals surface area contributed by atoms with Gasteiger partial charge in [0.25, 0.3) is 5.91 Å². The van der Waals surface area contributed by atoms with Crippen molar-refractivity contribution in [2.45, 2.75) is 33.7 Å². The van der Waals surface area contributed by atoms with Crippen molar-refractivity contribution in [1.29, 1.82) is 0 Å². The molecule has 1 aromatic carbocycles. The Morgan fingerprint density at radius 1 is 1.30 bits per heavy atom. The van der Waals surface area contributed by atoms with E-state index in [1.54, 1.807) is 12.1 Å². The van der Waals surface area contributed by atoms with Crippen molar-refractivity contribution >= 4 is 23.3 Å². The zero-order valence-electron chi connectivity index (χ0n) is 12.2. The van der Waals surface area contributed by atoms with E-state index in [1.807, 2.05) is 20.8 Å². The molecule has 1 aromatic rings. The Bertz CT molecular complexity index is 500. The van der Waals surface area contributed by atoms with Crippen LogP contribution in [0.1, 0.15) is 38.1 Å².